The lowest BCUT2D eigenvalue weighted by atomic mass is 10.2. The maximum atomic E-state index is 5.71. The fraction of sp³-hybridized carbons (Fsp3) is 0.250. The van der Waals surface area contributed by atoms with Gasteiger partial charge in [-0.3, -0.25) is 0 Å². The lowest BCUT2D eigenvalue weighted by Gasteiger charge is -2.06. The Morgan fingerprint density at radius 1 is 0.885 bits per heavy atom. The number of ether oxygens (including phenoxy) is 3. The van der Waals surface area contributed by atoms with Crippen LogP contribution in [0.1, 0.15) is 5.69 Å². The monoisotopic (exact) mass is 371 g/mol. The third kappa shape index (κ3) is 4.95. The van der Waals surface area contributed by atoms with E-state index in [1.165, 1.54) is 0 Å². The standard InChI is InChI=1S/C20H21NO4S/c1-22-17-5-3-15(4-6-17)20-21-16(13-25-20)14-26-12-11-24-19-9-7-18(23-2)8-10-19/h3-10,13H,11-12,14H2,1-2H3. The summed E-state index contributed by atoms with van der Waals surface area (Å²) in [7, 11) is 3.30. The molecule has 1 aromatic heterocycles. The van der Waals surface area contributed by atoms with Crippen molar-refractivity contribution in [1.82, 2.24) is 4.98 Å². The van der Waals surface area contributed by atoms with Gasteiger partial charge < -0.3 is 18.6 Å². The summed E-state index contributed by atoms with van der Waals surface area (Å²) in [6, 6.07) is 15.2. The smallest absolute Gasteiger partial charge is 0.226 e. The number of aromatic nitrogens is 1. The van der Waals surface area contributed by atoms with Gasteiger partial charge in [0, 0.05) is 17.1 Å². The van der Waals surface area contributed by atoms with Crippen LogP contribution in [0, 0.1) is 0 Å². The summed E-state index contributed by atoms with van der Waals surface area (Å²) in [4.78, 5) is 4.53. The topological polar surface area (TPSA) is 53.7 Å². The van der Waals surface area contributed by atoms with Crippen LogP contribution < -0.4 is 14.2 Å². The molecule has 3 aromatic rings. The molecule has 0 radical (unpaired) electrons. The molecule has 6 heteroatoms. The summed E-state index contributed by atoms with van der Waals surface area (Å²) >= 11 is 1.76. The van der Waals surface area contributed by atoms with Gasteiger partial charge in [0.2, 0.25) is 5.89 Å². The number of oxazole rings is 1. The van der Waals surface area contributed by atoms with Crippen LogP contribution in [0.5, 0.6) is 17.2 Å². The quantitative estimate of drug-likeness (QED) is 0.510. The van der Waals surface area contributed by atoms with Crippen LogP contribution in [0.2, 0.25) is 0 Å². The highest BCUT2D eigenvalue weighted by Gasteiger charge is 2.07. The highest BCUT2D eigenvalue weighted by Crippen LogP contribution is 2.23. The number of nitrogens with zero attached hydrogens (tertiary/aromatic N) is 1. The molecule has 0 saturated heterocycles. The molecular formula is C20H21NO4S. The van der Waals surface area contributed by atoms with Gasteiger partial charge in [0.15, 0.2) is 0 Å². The Labute approximate surface area is 157 Å². The SMILES string of the molecule is COc1ccc(OCCSCc2coc(-c3ccc(OC)cc3)n2)cc1. The first-order valence-electron chi connectivity index (χ1n) is 8.22. The fourth-order valence-corrected chi connectivity index (χ4v) is 2.99. The van der Waals surface area contributed by atoms with Crippen LogP contribution >= 0.6 is 11.8 Å². The minimum Gasteiger partial charge on any atom is -0.497 e. The van der Waals surface area contributed by atoms with E-state index in [1.54, 1.807) is 32.2 Å². The van der Waals surface area contributed by atoms with E-state index in [1.807, 2.05) is 48.5 Å². The third-order valence-corrected chi connectivity index (χ3v) is 4.65. The van der Waals surface area contributed by atoms with Crippen LogP contribution in [0.15, 0.2) is 59.2 Å². The lowest BCUT2D eigenvalue weighted by Crippen LogP contribution is -2.00. The predicted molar refractivity (Wildman–Crippen MR) is 103 cm³/mol. The van der Waals surface area contributed by atoms with E-state index >= 15 is 0 Å². The number of methoxy groups -OCH3 is 2. The highest BCUT2D eigenvalue weighted by molar-refractivity contribution is 7.98. The van der Waals surface area contributed by atoms with Crippen LogP contribution in [0.3, 0.4) is 0 Å². The molecule has 0 aliphatic heterocycles. The van der Waals surface area contributed by atoms with Crippen molar-refractivity contribution in [3.8, 4) is 28.7 Å². The molecule has 5 nitrogen and oxygen atoms in total. The zero-order valence-electron chi connectivity index (χ0n) is 14.8. The molecule has 0 spiro atoms. The van der Waals surface area contributed by atoms with Crippen molar-refractivity contribution >= 4 is 11.8 Å². The molecule has 0 N–H and O–H groups in total. The first-order valence-corrected chi connectivity index (χ1v) is 9.37. The van der Waals surface area contributed by atoms with E-state index in [9.17, 15) is 0 Å². The second kappa shape index (κ2) is 9.20. The predicted octanol–water partition coefficient (Wildman–Crippen LogP) is 4.67. The molecule has 0 unspecified atom stereocenters. The van der Waals surface area contributed by atoms with Crippen molar-refractivity contribution in [2.75, 3.05) is 26.6 Å². The Morgan fingerprint density at radius 3 is 2.15 bits per heavy atom. The molecule has 0 saturated carbocycles. The molecule has 136 valence electrons. The van der Waals surface area contributed by atoms with Crippen LogP contribution in [-0.4, -0.2) is 31.6 Å². The second-order valence-electron chi connectivity index (χ2n) is 5.45. The zero-order chi connectivity index (χ0) is 18.2. The molecule has 0 amide bonds. The summed E-state index contributed by atoms with van der Waals surface area (Å²) in [5, 5.41) is 0. The maximum Gasteiger partial charge on any atom is 0.226 e. The number of hydrogen-bond donors (Lipinski definition) is 0. The van der Waals surface area contributed by atoms with Gasteiger partial charge in [-0.1, -0.05) is 0 Å². The van der Waals surface area contributed by atoms with Gasteiger partial charge in [0.1, 0.15) is 23.5 Å². The van der Waals surface area contributed by atoms with E-state index in [-0.39, 0.29) is 0 Å². The van der Waals surface area contributed by atoms with Gasteiger partial charge in [-0.25, -0.2) is 4.98 Å². The van der Waals surface area contributed by atoms with Gasteiger partial charge in [0.05, 0.1) is 26.5 Å². The fourth-order valence-electron chi connectivity index (χ4n) is 2.31. The molecule has 3 rings (SSSR count). The summed E-state index contributed by atoms with van der Waals surface area (Å²) in [6.07, 6.45) is 1.71. The number of benzene rings is 2. The van der Waals surface area contributed by atoms with Gasteiger partial charge in [-0.05, 0) is 48.5 Å². The third-order valence-electron chi connectivity index (χ3n) is 3.69. The molecule has 26 heavy (non-hydrogen) atoms. The van der Waals surface area contributed by atoms with Crippen molar-refractivity contribution in [3.63, 3.8) is 0 Å². The number of hydrogen-bond acceptors (Lipinski definition) is 6. The Kier molecular flexibility index (Phi) is 6.44. The van der Waals surface area contributed by atoms with Crippen LogP contribution in [-0.2, 0) is 5.75 Å². The van der Waals surface area contributed by atoms with Crippen LogP contribution in [0.4, 0.5) is 0 Å². The average molecular weight is 371 g/mol. The van der Waals surface area contributed by atoms with Gasteiger partial charge in [-0.2, -0.15) is 11.8 Å². The van der Waals surface area contributed by atoms with Crippen molar-refractivity contribution in [1.29, 1.82) is 0 Å². The Morgan fingerprint density at radius 2 is 1.50 bits per heavy atom. The van der Waals surface area contributed by atoms with Gasteiger partial charge >= 0.3 is 0 Å². The lowest BCUT2D eigenvalue weighted by molar-refractivity contribution is 0.342. The average Bonchev–Trinajstić information content (AvgIpc) is 3.17. The molecule has 0 aliphatic rings. The second-order valence-corrected chi connectivity index (χ2v) is 6.55. The van der Waals surface area contributed by atoms with Crippen molar-refractivity contribution < 1.29 is 18.6 Å². The van der Waals surface area contributed by atoms with Gasteiger partial charge in [-0.15, -0.1) is 0 Å². The summed E-state index contributed by atoms with van der Waals surface area (Å²) in [5.41, 5.74) is 1.86. The normalized spacial score (nSPS) is 10.5. The van der Waals surface area contributed by atoms with E-state index in [0.29, 0.717) is 12.5 Å². The summed E-state index contributed by atoms with van der Waals surface area (Å²) < 4.78 is 21.6. The summed E-state index contributed by atoms with van der Waals surface area (Å²) in [5.74, 6) is 4.76. The Bertz CT molecular complexity index is 799. The molecule has 0 aliphatic carbocycles. The van der Waals surface area contributed by atoms with E-state index in [2.05, 4.69) is 4.98 Å². The first-order chi connectivity index (χ1) is 12.8. The minimum atomic E-state index is 0.623. The first kappa shape index (κ1) is 18.2. The Hall–Kier alpha value is -2.60. The van der Waals surface area contributed by atoms with E-state index in [0.717, 1.165) is 40.0 Å². The molecule has 2 aromatic carbocycles. The summed E-state index contributed by atoms with van der Waals surface area (Å²) in [6.45, 7) is 0.639. The van der Waals surface area contributed by atoms with Crippen molar-refractivity contribution in [3.05, 3.63) is 60.5 Å². The van der Waals surface area contributed by atoms with Crippen LogP contribution in [0.25, 0.3) is 11.5 Å². The molecule has 1 heterocycles. The van der Waals surface area contributed by atoms with E-state index < -0.39 is 0 Å². The molecule has 0 atom stereocenters. The molecule has 0 bridgehead atoms. The number of rotatable bonds is 9. The number of thioether (sulfide) groups is 1. The largest absolute Gasteiger partial charge is 0.497 e. The highest BCUT2D eigenvalue weighted by atomic mass is 32.2. The zero-order valence-corrected chi connectivity index (χ0v) is 15.6. The molecular weight excluding hydrogens is 350 g/mol. The van der Waals surface area contributed by atoms with Crippen molar-refractivity contribution in [2.45, 2.75) is 5.75 Å². The Balaban J connectivity index is 1.41. The van der Waals surface area contributed by atoms with Crippen molar-refractivity contribution in [2.24, 2.45) is 0 Å². The molecule has 0 fully saturated rings. The van der Waals surface area contributed by atoms with Gasteiger partial charge in [0.25, 0.3) is 0 Å². The van der Waals surface area contributed by atoms with E-state index in [4.69, 9.17) is 18.6 Å². The minimum absolute atomic E-state index is 0.623. The maximum absolute atomic E-state index is 5.71.